The fraction of sp³-hybridized carbons (Fsp3) is 0.923. The highest BCUT2D eigenvalue weighted by Gasteiger charge is 2.44. The number of nitrogens with two attached hydrogens (primary N) is 1. The van der Waals surface area contributed by atoms with E-state index in [1.165, 1.54) is 0 Å². The smallest absolute Gasteiger partial charge is 0.338 e. The van der Waals surface area contributed by atoms with Gasteiger partial charge in [-0.05, 0) is 32.1 Å². The molecule has 0 bridgehead atoms. The van der Waals surface area contributed by atoms with E-state index in [1.807, 2.05) is 0 Å². The molecule has 1 aliphatic carbocycles. The summed E-state index contributed by atoms with van der Waals surface area (Å²) < 4.78 is 38.3. The van der Waals surface area contributed by atoms with Gasteiger partial charge in [-0.1, -0.05) is 6.42 Å². The summed E-state index contributed by atoms with van der Waals surface area (Å²) in [5.41, 5.74) is 5.61. The van der Waals surface area contributed by atoms with Gasteiger partial charge in [0.05, 0.1) is 5.92 Å². The summed E-state index contributed by atoms with van der Waals surface area (Å²) in [4.78, 5) is 14.1. The van der Waals surface area contributed by atoms with Crippen LogP contribution in [0.2, 0.25) is 0 Å². The van der Waals surface area contributed by atoms with Crippen LogP contribution in [-0.2, 0) is 4.79 Å². The van der Waals surface area contributed by atoms with Gasteiger partial charge < -0.3 is 10.6 Å². The van der Waals surface area contributed by atoms with Crippen LogP contribution in [0.1, 0.15) is 38.5 Å². The van der Waals surface area contributed by atoms with Crippen molar-refractivity contribution in [2.45, 2.75) is 50.7 Å². The summed E-state index contributed by atoms with van der Waals surface area (Å²) >= 11 is 0. The van der Waals surface area contributed by atoms with Crippen LogP contribution in [0, 0.1) is 11.8 Å². The lowest BCUT2D eigenvalue weighted by molar-refractivity contribution is -0.187. The van der Waals surface area contributed by atoms with E-state index in [1.54, 1.807) is 4.90 Å². The standard InChI is InChI=1S/C13H21F3N2O/c14-13(15,16)10-4-1-3-9(7-10)12(19)18-6-2-5-11(18)8-17/h9-11H,1-8,17H2. The minimum atomic E-state index is -4.17. The fourth-order valence-corrected chi connectivity index (χ4v) is 3.32. The lowest BCUT2D eigenvalue weighted by Crippen LogP contribution is -2.45. The zero-order chi connectivity index (χ0) is 14.0. The topological polar surface area (TPSA) is 46.3 Å². The van der Waals surface area contributed by atoms with Crippen molar-refractivity contribution >= 4 is 5.91 Å². The zero-order valence-electron chi connectivity index (χ0n) is 11.0. The van der Waals surface area contributed by atoms with E-state index in [0.717, 1.165) is 12.8 Å². The Hall–Kier alpha value is -0.780. The van der Waals surface area contributed by atoms with Gasteiger partial charge >= 0.3 is 6.18 Å². The molecule has 3 unspecified atom stereocenters. The number of nitrogens with zero attached hydrogens (tertiary/aromatic N) is 1. The molecule has 0 radical (unpaired) electrons. The van der Waals surface area contributed by atoms with Gasteiger partial charge in [0.15, 0.2) is 0 Å². The van der Waals surface area contributed by atoms with Crippen LogP contribution >= 0.6 is 0 Å². The number of hydrogen-bond donors (Lipinski definition) is 1. The van der Waals surface area contributed by atoms with E-state index in [4.69, 9.17) is 5.73 Å². The predicted octanol–water partition coefficient (Wildman–Crippen LogP) is 2.30. The molecule has 0 aromatic carbocycles. The maximum atomic E-state index is 12.8. The SMILES string of the molecule is NCC1CCCN1C(=O)C1CCCC(C(F)(F)F)C1. The number of likely N-dealkylation sites (tertiary alicyclic amines) is 1. The first-order chi connectivity index (χ1) is 8.93. The first kappa shape index (κ1) is 14.6. The van der Waals surface area contributed by atoms with Crippen LogP contribution in [-0.4, -0.2) is 36.1 Å². The number of amides is 1. The molecule has 2 fully saturated rings. The zero-order valence-corrected chi connectivity index (χ0v) is 11.0. The number of rotatable bonds is 2. The van der Waals surface area contributed by atoms with Gasteiger partial charge in [-0.25, -0.2) is 0 Å². The molecular formula is C13H21F3N2O. The molecule has 3 nitrogen and oxygen atoms in total. The highest BCUT2D eigenvalue weighted by Crippen LogP contribution is 2.40. The second kappa shape index (κ2) is 5.69. The number of hydrogen-bond acceptors (Lipinski definition) is 2. The third kappa shape index (κ3) is 3.22. The van der Waals surface area contributed by atoms with Crippen molar-refractivity contribution in [3.05, 3.63) is 0 Å². The van der Waals surface area contributed by atoms with Crippen LogP contribution in [0.4, 0.5) is 13.2 Å². The minimum absolute atomic E-state index is 0.0266. The average Bonchev–Trinajstić information content (AvgIpc) is 2.85. The molecule has 3 atom stereocenters. The molecule has 2 aliphatic rings. The van der Waals surface area contributed by atoms with E-state index in [0.29, 0.717) is 25.9 Å². The van der Waals surface area contributed by atoms with Crippen molar-refractivity contribution < 1.29 is 18.0 Å². The Morgan fingerprint density at radius 2 is 1.95 bits per heavy atom. The Bertz CT molecular complexity index is 332. The highest BCUT2D eigenvalue weighted by atomic mass is 19.4. The predicted molar refractivity (Wildman–Crippen MR) is 65.3 cm³/mol. The number of halogens is 3. The summed E-state index contributed by atoms with van der Waals surface area (Å²) in [5.74, 6) is -1.89. The van der Waals surface area contributed by atoms with Crippen molar-refractivity contribution in [2.24, 2.45) is 17.6 Å². The van der Waals surface area contributed by atoms with Gasteiger partial charge in [-0.3, -0.25) is 4.79 Å². The Morgan fingerprint density at radius 3 is 2.58 bits per heavy atom. The molecule has 1 amide bonds. The van der Waals surface area contributed by atoms with Crippen LogP contribution in [0.5, 0.6) is 0 Å². The lowest BCUT2D eigenvalue weighted by Gasteiger charge is -2.34. The monoisotopic (exact) mass is 278 g/mol. The molecule has 2 N–H and O–H groups in total. The van der Waals surface area contributed by atoms with Gasteiger partial charge in [0.25, 0.3) is 0 Å². The molecule has 0 spiro atoms. The van der Waals surface area contributed by atoms with E-state index >= 15 is 0 Å². The maximum absolute atomic E-state index is 12.8. The van der Waals surface area contributed by atoms with Gasteiger partial charge in [0.2, 0.25) is 5.91 Å². The van der Waals surface area contributed by atoms with Crippen LogP contribution in [0.25, 0.3) is 0 Å². The van der Waals surface area contributed by atoms with Crippen molar-refractivity contribution in [3.63, 3.8) is 0 Å². The Labute approximate surface area is 111 Å². The largest absolute Gasteiger partial charge is 0.391 e. The number of carbonyl (C=O) groups is 1. The van der Waals surface area contributed by atoms with Crippen molar-refractivity contribution in [2.75, 3.05) is 13.1 Å². The first-order valence-corrected chi connectivity index (χ1v) is 7.00. The van der Waals surface area contributed by atoms with Gasteiger partial charge in [0.1, 0.15) is 0 Å². The molecule has 2 rings (SSSR count). The molecule has 110 valence electrons. The normalized spacial score (nSPS) is 32.6. The molecule has 0 aromatic rings. The average molecular weight is 278 g/mol. The molecule has 1 aliphatic heterocycles. The molecule has 1 heterocycles. The lowest BCUT2D eigenvalue weighted by atomic mass is 9.80. The van der Waals surface area contributed by atoms with Crippen molar-refractivity contribution in [3.8, 4) is 0 Å². The summed E-state index contributed by atoms with van der Waals surface area (Å²) in [7, 11) is 0. The van der Waals surface area contributed by atoms with E-state index < -0.39 is 18.0 Å². The second-order valence-corrected chi connectivity index (χ2v) is 5.67. The van der Waals surface area contributed by atoms with E-state index in [9.17, 15) is 18.0 Å². The Kier molecular flexibility index (Phi) is 4.38. The molecule has 1 saturated carbocycles. The van der Waals surface area contributed by atoms with Crippen LogP contribution in [0.3, 0.4) is 0 Å². The maximum Gasteiger partial charge on any atom is 0.391 e. The third-order valence-corrected chi connectivity index (χ3v) is 4.42. The molecule has 0 aromatic heterocycles. The van der Waals surface area contributed by atoms with E-state index in [2.05, 4.69) is 0 Å². The minimum Gasteiger partial charge on any atom is -0.338 e. The molecule has 19 heavy (non-hydrogen) atoms. The Balaban J connectivity index is 1.99. The van der Waals surface area contributed by atoms with E-state index in [-0.39, 0.29) is 24.8 Å². The highest BCUT2D eigenvalue weighted by molar-refractivity contribution is 5.79. The third-order valence-electron chi connectivity index (χ3n) is 4.42. The molecule has 6 heteroatoms. The Morgan fingerprint density at radius 1 is 1.21 bits per heavy atom. The first-order valence-electron chi connectivity index (χ1n) is 7.00. The molecule has 1 saturated heterocycles. The van der Waals surface area contributed by atoms with Crippen LogP contribution in [0.15, 0.2) is 0 Å². The second-order valence-electron chi connectivity index (χ2n) is 5.67. The number of alkyl halides is 3. The van der Waals surface area contributed by atoms with Gasteiger partial charge in [-0.2, -0.15) is 13.2 Å². The molecular weight excluding hydrogens is 257 g/mol. The summed E-state index contributed by atoms with van der Waals surface area (Å²) in [6, 6.07) is 0.0266. The number of carbonyl (C=O) groups excluding carboxylic acids is 1. The van der Waals surface area contributed by atoms with Crippen molar-refractivity contribution in [1.82, 2.24) is 4.90 Å². The quantitative estimate of drug-likeness (QED) is 0.842. The van der Waals surface area contributed by atoms with Crippen LogP contribution < -0.4 is 5.73 Å². The summed E-state index contributed by atoms with van der Waals surface area (Å²) in [6.45, 7) is 1.05. The van der Waals surface area contributed by atoms with Gasteiger partial charge in [0, 0.05) is 25.0 Å². The summed E-state index contributed by atoms with van der Waals surface area (Å²) in [5, 5.41) is 0. The van der Waals surface area contributed by atoms with Crippen molar-refractivity contribution in [1.29, 1.82) is 0 Å². The van der Waals surface area contributed by atoms with Gasteiger partial charge in [-0.15, -0.1) is 0 Å². The fourth-order valence-electron chi connectivity index (χ4n) is 3.32. The summed E-state index contributed by atoms with van der Waals surface area (Å²) in [6.07, 6.45) is -1.21.